The van der Waals surface area contributed by atoms with Gasteiger partial charge in [-0.25, -0.2) is 14.2 Å². The van der Waals surface area contributed by atoms with Gasteiger partial charge in [0.25, 0.3) is 5.56 Å². The van der Waals surface area contributed by atoms with Crippen LogP contribution in [0.3, 0.4) is 0 Å². The molecule has 2 aromatic heterocycles. The van der Waals surface area contributed by atoms with Gasteiger partial charge in [-0.3, -0.25) is 14.3 Å². The Morgan fingerprint density at radius 3 is 2.35 bits per heavy atom. The van der Waals surface area contributed by atoms with Crippen molar-refractivity contribution in [1.82, 2.24) is 24.4 Å². The molecule has 34 heavy (non-hydrogen) atoms. The number of imidazole rings is 1. The van der Waals surface area contributed by atoms with Crippen molar-refractivity contribution in [2.75, 3.05) is 6.54 Å². The van der Waals surface area contributed by atoms with Gasteiger partial charge in [-0.2, -0.15) is 0 Å². The van der Waals surface area contributed by atoms with E-state index in [1.165, 1.54) is 16.7 Å². The summed E-state index contributed by atoms with van der Waals surface area (Å²) < 4.78 is 16.1. The van der Waals surface area contributed by atoms with Crippen LogP contribution in [-0.4, -0.2) is 36.9 Å². The molecule has 1 aromatic carbocycles. The van der Waals surface area contributed by atoms with Crippen LogP contribution in [0.4, 0.5) is 4.39 Å². The second kappa shape index (κ2) is 12.6. The minimum absolute atomic E-state index is 0.238. The molecule has 0 aliphatic rings. The number of fused-ring (bicyclic) bond motifs is 1. The highest BCUT2D eigenvalue weighted by Crippen LogP contribution is 2.14. The maximum Gasteiger partial charge on any atom is 0.329 e. The molecule has 186 valence electrons. The van der Waals surface area contributed by atoms with Crippen LogP contribution in [0.2, 0.25) is 0 Å². The van der Waals surface area contributed by atoms with Gasteiger partial charge >= 0.3 is 5.69 Å². The second-order valence-corrected chi connectivity index (χ2v) is 9.00. The summed E-state index contributed by atoms with van der Waals surface area (Å²) in [5, 5.41) is 13.3. The van der Waals surface area contributed by atoms with Gasteiger partial charge in [0, 0.05) is 33.6 Å². The van der Waals surface area contributed by atoms with Gasteiger partial charge in [-0.05, 0) is 30.5 Å². The summed E-state index contributed by atoms with van der Waals surface area (Å²) in [7, 11) is 3.43. The Bertz CT molecular complexity index is 1170. The quantitative estimate of drug-likeness (QED) is 0.312. The molecule has 2 heterocycles. The molecule has 8 nitrogen and oxygen atoms in total. The lowest BCUT2D eigenvalue weighted by atomic mass is 10.1. The zero-order chi connectivity index (χ0) is 24.5. The van der Waals surface area contributed by atoms with E-state index in [1.807, 2.05) is 7.05 Å². The largest absolute Gasteiger partial charge is 0.392 e. The molecule has 0 spiro atoms. The zero-order valence-corrected chi connectivity index (χ0v) is 20.1. The van der Waals surface area contributed by atoms with Gasteiger partial charge < -0.3 is 15.0 Å². The van der Waals surface area contributed by atoms with E-state index in [4.69, 9.17) is 0 Å². The normalized spacial score (nSPS) is 12.5. The number of aromatic amines is 1. The Balaban J connectivity index is 1.24. The topological polar surface area (TPSA) is 105 Å². The van der Waals surface area contributed by atoms with E-state index < -0.39 is 11.2 Å². The van der Waals surface area contributed by atoms with E-state index in [2.05, 4.69) is 15.3 Å². The first-order chi connectivity index (χ1) is 16.4. The lowest BCUT2D eigenvalue weighted by Crippen LogP contribution is -2.29. The molecular formula is C25H36FN5O3. The van der Waals surface area contributed by atoms with Crippen molar-refractivity contribution >= 4 is 11.2 Å². The van der Waals surface area contributed by atoms with Crippen LogP contribution in [0.5, 0.6) is 0 Å². The van der Waals surface area contributed by atoms with Gasteiger partial charge in [0.05, 0.1) is 6.10 Å². The lowest BCUT2D eigenvalue weighted by Gasteiger charge is -2.12. The number of aryl methyl sites for hydroxylation is 3. The van der Waals surface area contributed by atoms with Crippen molar-refractivity contribution in [1.29, 1.82) is 0 Å². The number of hydrogen-bond acceptors (Lipinski definition) is 5. The van der Waals surface area contributed by atoms with E-state index in [-0.39, 0.29) is 11.9 Å². The van der Waals surface area contributed by atoms with E-state index >= 15 is 0 Å². The van der Waals surface area contributed by atoms with Crippen LogP contribution in [0, 0.1) is 5.82 Å². The van der Waals surface area contributed by atoms with Gasteiger partial charge in [-0.15, -0.1) is 0 Å². The summed E-state index contributed by atoms with van der Waals surface area (Å²) >= 11 is 0. The standard InChI is InChI=1S/C25H36FN5O3/c1-30-21(28-23-22(30)24(33)29-25(34)31(23)2)11-9-7-5-3-4-6-8-10-20(32)17-27-16-18-12-14-19(26)15-13-18/h12-15,20,27,32H,3-11,16-17H2,1-2H3,(H,29,33,34). The van der Waals surface area contributed by atoms with Crippen LogP contribution in [0.1, 0.15) is 62.8 Å². The van der Waals surface area contributed by atoms with Crippen LogP contribution in [0.15, 0.2) is 33.9 Å². The minimum Gasteiger partial charge on any atom is -0.392 e. The summed E-state index contributed by atoms with van der Waals surface area (Å²) in [6.07, 6.45) is 8.85. The molecule has 3 aromatic rings. The van der Waals surface area contributed by atoms with Gasteiger partial charge in [-0.1, -0.05) is 50.7 Å². The van der Waals surface area contributed by atoms with Crippen LogP contribution in [-0.2, 0) is 27.1 Å². The van der Waals surface area contributed by atoms with Crippen molar-refractivity contribution in [2.24, 2.45) is 14.1 Å². The van der Waals surface area contributed by atoms with E-state index in [1.54, 1.807) is 23.7 Å². The Hall–Kier alpha value is -2.78. The Morgan fingerprint density at radius 2 is 1.65 bits per heavy atom. The second-order valence-electron chi connectivity index (χ2n) is 9.00. The predicted molar refractivity (Wildman–Crippen MR) is 131 cm³/mol. The molecule has 0 aliphatic carbocycles. The molecule has 0 saturated carbocycles. The summed E-state index contributed by atoms with van der Waals surface area (Å²) in [4.78, 5) is 30.7. The van der Waals surface area contributed by atoms with Crippen LogP contribution < -0.4 is 16.6 Å². The predicted octanol–water partition coefficient (Wildman–Crippen LogP) is 2.91. The number of H-pyrrole nitrogens is 1. The molecular weight excluding hydrogens is 437 g/mol. The van der Waals surface area contributed by atoms with Gasteiger partial charge in [0.2, 0.25) is 0 Å². The third kappa shape index (κ3) is 7.11. The summed E-state index contributed by atoms with van der Waals surface area (Å²) in [5.41, 5.74) is 1.03. The Labute approximate surface area is 198 Å². The van der Waals surface area contributed by atoms with Crippen molar-refractivity contribution in [3.8, 4) is 0 Å². The average Bonchev–Trinajstić information content (AvgIpc) is 3.14. The fraction of sp³-hybridized carbons (Fsp3) is 0.560. The molecule has 0 radical (unpaired) electrons. The number of nitrogens with zero attached hydrogens (tertiary/aromatic N) is 3. The molecule has 1 atom stereocenters. The molecule has 0 saturated heterocycles. The highest BCUT2D eigenvalue weighted by atomic mass is 19.1. The fourth-order valence-electron chi connectivity index (χ4n) is 4.21. The zero-order valence-electron chi connectivity index (χ0n) is 20.1. The molecule has 0 amide bonds. The van der Waals surface area contributed by atoms with Crippen molar-refractivity contribution in [3.05, 3.63) is 62.3 Å². The molecule has 1 unspecified atom stereocenters. The van der Waals surface area contributed by atoms with Gasteiger partial charge in [0.1, 0.15) is 11.6 Å². The average molecular weight is 474 g/mol. The van der Waals surface area contributed by atoms with E-state index in [9.17, 15) is 19.1 Å². The lowest BCUT2D eigenvalue weighted by molar-refractivity contribution is 0.157. The first-order valence-corrected chi connectivity index (χ1v) is 12.1. The number of halogens is 1. The number of rotatable bonds is 14. The Morgan fingerprint density at radius 1 is 1.00 bits per heavy atom. The smallest absolute Gasteiger partial charge is 0.329 e. The monoisotopic (exact) mass is 473 g/mol. The number of hydrogen-bond donors (Lipinski definition) is 3. The number of nitrogens with one attached hydrogen (secondary N) is 2. The van der Waals surface area contributed by atoms with Crippen molar-refractivity contribution < 1.29 is 9.50 Å². The maximum atomic E-state index is 12.9. The summed E-state index contributed by atoms with van der Waals surface area (Å²) in [5.74, 6) is 0.584. The molecule has 9 heteroatoms. The number of benzene rings is 1. The number of unbranched alkanes of at least 4 members (excludes halogenated alkanes) is 6. The number of aromatic nitrogens is 4. The molecule has 0 bridgehead atoms. The van der Waals surface area contributed by atoms with Crippen molar-refractivity contribution in [3.63, 3.8) is 0 Å². The van der Waals surface area contributed by atoms with E-state index in [0.717, 1.165) is 69.2 Å². The molecule has 3 rings (SSSR count). The summed E-state index contributed by atoms with van der Waals surface area (Å²) in [6.45, 7) is 1.17. The molecule has 0 fully saturated rings. The highest BCUT2D eigenvalue weighted by Gasteiger charge is 2.14. The van der Waals surface area contributed by atoms with Gasteiger partial charge in [0.15, 0.2) is 11.2 Å². The Kier molecular flexibility index (Phi) is 9.59. The minimum atomic E-state index is -0.448. The number of aliphatic hydroxyl groups excluding tert-OH is 1. The highest BCUT2D eigenvalue weighted by molar-refractivity contribution is 5.70. The third-order valence-electron chi connectivity index (χ3n) is 6.29. The van der Waals surface area contributed by atoms with E-state index in [0.29, 0.717) is 24.3 Å². The van der Waals surface area contributed by atoms with Crippen LogP contribution >= 0.6 is 0 Å². The first kappa shape index (κ1) is 25.8. The summed E-state index contributed by atoms with van der Waals surface area (Å²) in [6, 6.07) is 6.39. The van der Waals surface area contributed by atoms with Crippen LogP contribution in [0.25, 0.3) is 11.2 Å². The first-order valence-electron chi connectivity index (χ1n) is 12.1. The SMILES string of the molecule is Cn1c(CCCCCCCCCC(O)CNCc2ccc(F)cc2)nc2c1c(=O)[nH]c(=O)n2C. The maximum absolute atomic E-state index is 12.9. The number of aliphatic hydroxyl groups is 1. The third-order valence-corrected chi connectivity index (χ3v) is 6.29. The molecule has 0 aliphatic heterocycles. The fourth-order valence-corrected chi connectivity index (χ4v) is 4.21. The molecule has 3 N–H and O–H groups in total. The van der Waals surface area contributed by atoms with Crippen molar-refractivity contribution in [2.45, 2.75) is 70.4 Å².